The molecule has 0 saturated carbocycles. The van der Waals surface area contributed by atoms with Gasteiger partial charge in [-0.3, -0.25) is 14.3 Å². The van der Waals surface area contributed by atoms with E-state index in [4.69, 9.17) is 5.11 Å². The van der Waals surface area contributed by atoms with Gasteiger partial charge < -0.3 is 10.4 Å². The van der Waals surface area contributed by atoms with E-state index >= 15 is 0 Å². The van der Waals surface area contributed by atoms with Crippen LogP contribution in [-0.2, 0) is 29.6 Å². The molecular formula is C13H21N3O3. The second-order valence-corrected chi connectivity index (χ2v) is 5.27. The van der Waals surface area contributed by atoms with Crippen LogP contribution in [0, 0.1) is 5.41 Å². The molecule has 2 N–H and O–H groups in total. The van der Waals surface area contributed by atoms with Crippen molar-refractivity contribution < 1.29 is 14.7 Å². The summed E-state index contributed by atoms with van der Waals surface area (Å²) in [6.07, 6.45) is 2.62. The molecule has 0 bridgehead atoms. The lowest BCUT2D eigenvalue weighted by Crippen LogP contribution is -2.33. The molecule has 0 aromatic carbocycles. The largest absolute Gasteiger partial charge is 0.481 e. The van der Waals surface area contributed by atoms with E-state index in [9.17, 15) is 9.59 Å². The van der Waals surface area contributed by atoms with Gasteiger partial charge in [-0.2, -0.15) is 5.10 Å². The van der Waals surface area contributed by atoms with Crippen molar-refractivity contribution in [1.29, 1.82) is 0 Å². The monoisotopic (exact) mass is 267 g/mol. The van der Waals surface area contributed by atoms with Crippen molar-refractivity contribution in [3.63, 3.8) is 0 Å². The molecular weight excluding hydrogens is 246 g/mol. The number of carbonyl (C=O) groups is 2. The summed E-state index contributed by atoms with van der Waals surface area (Å²) in [5, 5.41) is 16.0. The van der Waals surface area contributed by atoms with Gasteiger partial charge in [-0.25, -0.2) is 0 Å². The summed E-state index contributed by atoms with van der Waals surface area (Å²) < 4.78 is 1.71. The number of nitrogens with zero attached hydrogens (tertiary/aromatic N) is 2. The molecule has 0 atom stereocenters. The van der Waals surface area contributed by atoms with Gasteiger partial charge in [-0.15, -0.1) is 0 Å². The standard InChI is InChI=1S/C13H21N3O3/c1-5-10-9(8-16(4)15-10)7-14-11(17)6-13(2,3)12(18)19/h8H,5-7H2,1-4H3,(H,14,17)(H,18,19). The molecule has 1 amide bonds. The lowest BCUT2D eigenvalue weighted by molar-refractivity contribution is -0.149. The number of aromatic nitrogens is 2. The zero-order chi connectivity index (χ0) is 14.6. The van der Waals surface area contributed by atoms with Crippen molar-refractivity contribution in [3.05, 3.63) is 17.5 Å². The van der Waals surface area contributed by atoms with E-state index in [0.717, 1.165) is 17.7 Å². The summed E-state index contributed by atoms with van der Waals surface area (Å²) in [7, 11) is 1.83. The van der Waals surface area contributed by atoms with E-state index in [2.05, 4.69) is 10.4 Å². The van der Waals surface area contributed by atoms with Gasteiger partial charge in [-0.05, 0) is 20.3 Å². The number of hydrogen-bond donors (Lipinski definition) is 2. The van der Waals surface area contributed by atoms with Gasteiger partial charge >= 0.3 is 5.97 Å². The van der Waals surface area contributed by atoms with E-state index < -0.39 is 11.4 Å². The molecule has 0 spiro atoms. The van der Waals surface area contributed by atoms with Crippen LogP contribution in [0.5, 0.6) is 0 Å². The Morgan fingerprint density at radius 2 is 2.11 bits per heavy atom. The van der Waals surface area contributed by atoms with Gasteiger partial charge in [0.1, 0.15) is 0 Å². The third-order valence-corrected chi connectivity index (χ3v) is 2.98. The molecule has 1 aromatic rings. The van der Waals surface area contributed by atoms with Crippen LogP contribution in [0.4, 0.5) is 0 Å². The molecule has 106 valence electrons. The number of nitrogens with one attached hydrogen (secondary N) is 1. The summed E-state index contributed by atoms with van der Waals surface area (Å²) in [4.78, 5) is 22.7. The van der Waals surface area contributed by atoms with E-state index in [1.54, 1.807) is 4.68 Å². The van der Waals surface area contributed by atoms with E-state index in [1.807, 2.05) is 20.2 Å². The van der Waals surface area contributed by atoms with Crippen LogP contribution in [0.3, 0.4) is 0 Å². The Hall–Kier alpha value is -1.85. The van der Waals surface area contributed by atoms with Crippen LogP contribution < -0.4 is 5.32 Å². The summed E-state index contributed by atoms with van der Waals surface area (Å²) >= 11 is 0. The van der Waals surface area contributed by atoms with Gasteiger partial charge in [0.25, 0.3) is 0 Å². The second-order valence-electron chi connectivity index (χ2n) is 5.27. The summed E-state index contributed by atoms with van der Waals surface area (Å²) in [6.45, 7) is 5.46. The predicted molar refractivity (Wildman–Crippen MR) is 70.5 cm³/mol. The first kappa shape index (κ1) is 15.2. The van der Waals surface area contributed by atoms with Crippen molar-refractivity contribution in [2.75, 3.05) is 0 Å². The minimum atomic E-state index is -1.05. The molecule has 1 heterocycles. The highest BCUT2D eigenvalue weighted by Gasteiger charge is 2.30. The molecule has 0 aliphatic carbocycles. The van der Waals surface area contributed by atoms with Crippen molar-refractivity contribution >= 4 is 11.9 Å². The predicted octanol–water partition coefficient (Wildman–Crippen LogP) is 1.10. The molecule has 0 aliphatic heterocycles. The number of aryl methyl sites for hydroxylation is 2. The van der Waals surface area contributed by atoms with Crippen LogP contribution in [0.15, 0.2) is 6.20 Å². The smallest absolute Gasteiger partial charge is 0.309 e. The SMILES string of the molecule is CCc1nn(C)cc1CNC(=O)CC(C)(C)C(=O)O. The number of aliphatic carboxylic acids is 1. The Morgan fingerprint density at radius 3 is 2.63 bits per heavy atom. The van der Waals surface area contributed by atoms with Crippen LogP contribution in [0.1, 0.15) is 38.4 Å². The number of rotatable bonds is 6. The molecule has 19 heavy (non-hydrogen) atoms. The number of hydrogen-bond acceptors (Lipinski definition) is 3. The van der Waals surface area contributed by atoms with Crippen molar-refractivity contribution in [2.24, 2.45) is 12.5 Å². The van der Waals surface area contributed by atoms with Crippen molar-refractivity contribution in [3.8, 4) is 0 Å². The first-order valence-corrected chi connectivity index (χ1v) is 6.27. The van der Waals surface area contributed by atoms with E-state index in [0.29, 0.717) is 6.54 Å². The summed E-state index contributed by atoms with van der Waals surface area (Å²) in [5.74, 6) is -1.24. The fraction of sp³-hybridized carbons (Fsp3) is 0.615. The average molecular weight is 267 g/mol. The fourth-order valence-corrected chi connectivity index (χ4v) is 1.76. The molecule has 0 saturated heterocycles. The van der Waals surface area contributed by atoms with E-state index in [1.165, 1.54) is 13.8 Å². The minimum Gasteiger partial charge on any atom is -0.481 e. The van der Waals surface area contributed by atoms with Crippen molar-refractivity contribution in [2.45, 2.75) is 40.2 Å². The molecule has 6 heteroatoms. The van der Waals surface area contributed by atoms with Gasteiger partial charge in [0.05, 0.1) is 11.1 Å². The lowest BCUT2D eigenvalue weighted by atomic mass is 9.89. The Kier molecular flexibility index (Phi) is 4.69. The Morgan fingerprint density at radius 1 is 1.47 bits per heavy atom. The topological polar surface area (TPSA) is 84.2 Å². The van der Waals surface area contributed by atoms with Crippen LogP contribution >= 0.6 is 0 Å². The number of carboxylic acids is 1. The van der Waals surface area contributed by atoms with Gasteiger partial charge in [-0.1, -0.05) is 6.92 Å². The molecule has 0 radical (unpaired) electrons. The highest BCUT2D eigenvalue weighted by molar-refractivity contribution is 5.84. The second kappa shape index (κ2) is 5.86. The maximum Gasteiger partial charge on any atom is 0.309 e. The molecule has 0 fully saturated rings. The molecule has 6 nitrogen and oxygen atoms in total. The molecule has 1 aromatic heterocycles. The third-order valence-electron chi connectivity index (χ3n) is 2.98. The maximum atomic E-state index is 11.7. The summed E-state index contributed by atoms with van der Waals surface area (Å²) in [6, 6.07) is 0. The third kappa shape index (κ3) is 4.08. The van der Waals surface area contributed by atoms with Gasteiger partial charge in [0.2, 0.25) is 5.91 Å². The zero-order valence-corrected chi connectivity index (χ0v) is 11.9. The van der Waals surface area contributed by atoms with Gasteiger partial charge in [0.15, 0.2) is 0 Å². The average Bonchev–Trinajstić information content (AvgIpc) is 2.66. The Bertz CT molecular complexity index is 477. The quantitative estimate of drug-likeness (QED) is 0.808. The maximum absolute atomic E-state index is 11.7. The number of carboxylic acid groups (broad SMARTS) is 1. The lowest BCUT2D eigenvalue weighted by Gasteiger charge is -2.18. The molecule has 0 aliphatic rings. The minimum absolute atomic E-state index is 0.0376. The first-order chi connectivity index (χ1) is 8.76. The van der Waals surface area contributed by atoms with Gasteiger partial charge in [0, 0.05) is 31.8 Å². The van der Waals surface area contributed by atoms with Crippen LogP contribution in [0.2, 0.25) is 0 Å². The molecule has 1 rings (SSSR count). The van der Waals surface area contributed by atoms with Crippen molar-refractivity contribution in [1.82, 2.24) is 15.1 Å². The normalized spacial score (nSPS) is 11.4. The molecule has 0 unspecified atom stereocenters. The van der Waals surface area contributed by atoms with E-state index in [-0.39, 0.29) is 12.3 Å². The Balaban J connectivity index is 2.57. The zero-order valence-electron chi connectivity index (χ0n) is 11.9. The highest BCUT2D eigenvalue weighted by Crippen LogP contribution is 2.20. The number of carbonyl (C=O) groups excluding carboxylic acids is 1. The Labute approximate surface area is 112 Å². The summed E-state index contributed by atoms with van der Waals surface area (Å²) in [5.41, 5.74) is 0.860. The fourth-order valence-electron chi connectivity index (χ4n) is 1.76. The first-order valence-electron chi connectivity index (χ1n) is 6.27. The highest BCUT2D eigenvalue weighted by atomic mass is 16.4. The number of amides is 1. The van der Waals surface area contributed by atoms with Crippen LogP contribution in [-0.4, -0.2) is 26.8 Å². The van der Waals surface area contributed by atoms with Crippen LogP contribution in [0.25, 0.3) is 0 Å².